The molecule has 1 saturated carbocycles. The molecule has 2 aromatic heterocycles. The molecule has 2 unspecified atom stereocenters. The minimum atomic E-state index is 0.396. The van der Waals surface area contributed by atoms with Crippen molar-refractivity contribution in [1.82, 2.24) is 14.5 Å². The molecule has 4 rings (SSSR count). The minimum absolute atomic E-state index is 0.396. The molecule has 0 spiro atoms. The van der Waals surface area contributed by atoms with Gasteiger partial charge in [-0.3, -0.25) is 0 Å². The Morgan fingerprint density at radius 2 is 2.11 bits per heavy atom. The van der Waals surface area contributed by atoms with Crippen LogP contribution in [0.1, 0.15) is 42.3 Å². The Hall–Kier alpha value is -2.60. The summed E-state index contributed by atoms with van der Waals surface area (Å²) in [5.41, 5.74) is 9.52. The van der Waals surface area contributed by atoms with E-state index in [1.54, 1.807) is 24.3 Å². The summed E-state index contributed by atoms with van der Waals surface area (Å²) in [5, 5.41) is 1.77. The highest BCUT2D eigenvalue weighted by Gasteiger charge is 2.29. The highest BCUT2D eigenvalue weighted by molar-refractivity contribution is 8.13. The number of aromatic nitrogens is 3. The van der Waals surface area contributed by atoms with E-state index in [0.717, 1.165) is 34.5 Å². The number of hydrogen-bond donors (Lipinski definition) is 1. The molecule has 1 aliphatic carbocycles. The van der Waals surface area contributed by atoms with Crippen LogP contribution in [0.2, 0.25) is 0 Å². The van der Waals surface area contributed by atoms with E-state index in [1.165, 1.54) is 12.0 Å². The molecule has 0 radical (unpaired) electrons. The fourth-order valence-electron chi connectivity index (χ4n) is 4.10. The Balaban J connectivity index is 1.76. The Morgan fingerprint density at radius 1 is 1.30 bits per heavy atom. The number of thioether (sulfide) groups is 1. The van der Waals surface area contributed by atoms with Gasteiger partial charge < -0.3 is 10.3 Å². The van der Waals surface area contributed by atoms with Gasteiger partial charge in [0.15, 0.2) is 0 Å². The number of aliphatic imine (C=N–C) groups is 1. The zero-order valence-electron chi connectivity index (χ0n) is 15.4. The van der Waals surface area contributed by atoms with Crippen molar-refractivity contribution in [2.75, 3.05) is 12.0 Å². The molecule has 0 aliphatic heterocycles. The van der Waals surface area contributed by atoms with Gasteiger partial charge in [-0.1, -0.05) is 36.9 Å². The first kappa shape index (κ1) is 17.8. The first-order valence-electron chi connectivity index (χ1n) is 9.12. The summed E-state index contributed by atoms with van der Waals surface area (Å²) >= 11 is 1.58. The van der Waals surface area contributed by atoms with Gasteiger partial charge in [0.2, 0.25) is 0 Å². The smallest absolute Gasteiger partial charge is 0.146 e. The fraction of sp³-hybridized carbons (Fsp3) is 0.286. The summed E-state index contributed by atoms with van der Waals surface area (Å²) in [6.07, 6.45) is 10.7. The first-order chi connectivity index (χ1) is 13.2. The van der Waals surface area contributed by atoms with E-state index in [9.17, 15) is 0 Å². The SMILES string of the molecule is C=CN=C(SC)c1cn(C2CCC(c3ccccc3)C2)c2ncnc(N)c12. The predicted molar refractivity (Wildman–Crippen MR) is 114 cm³/mol. The molecule has 27 heavy (non-hydrogen) atoms. The lowest BCUT2D eigenvalue weighted by atomic mass is 9.98. The molecule has 1 aliphatic rings. The van der Waals surface area contributed by atoms with Crippen LogP contribution in [-0.4, -0.2) is 25.8 Å². The van der Waals surface area contributed by atoms with Crippen molar-refractivity contribution < 1.29 is 0 Å². The van der Waals surface area contributed by atoms with Gasteiger partial charge >= 0.3 is 0 Å². The highest BCUT2D eigenvalue weighted by Crippen LogP contribution is 2.43. The van der Waals surface area contributed by atoms with Crippen molar-refractivity contribution in [1.29, 1.82) is 0 Å². The van der Waals surface area contributed by atoms with Gasteiger partial charge in [-0.25, -0.2) is 15.0 Å². The Kier molecular flexibility index (Phi) is 4.99. The number of benzene rings is 1. The van der Waals surface area contributed by atoms with Crippen LogP contribution >= 0.6 is 11.8 Å². The van der Waals surface area contributed by atoms with Crippen LogP contribution in [0.15, 0.2) is 60.6 Å². The summed E-state index contributed by atoms with van der Waals surface area (Å²) in [4.78, 5) is 13.2. The van der Waals surface area contributed by atoms with Gasteiger partial charge in [-0.05, 0) is 37.0 Å². The maximum absolute atomic E-state index is 6.22. The van der Waals surface area contributed by atoms with Crippen molar-refractivity contribution in [3.63, 3.8) is 0 Å². The van der Waals surface area contributed by atoms with Gasteiger partial charge in [0.1, 0.15) is 22.8 Å². The number of hydrogen-bond acceptors (Lipinski definition) is 5. The minimum Gasteiger partial charge on any atom is -0.383 e. The molecule has 0 saturated heterocycles. The van der Waals surface area contributed by atoms with E-state index < -0.39 is 0 Å². The number of nitrogen functional groups attached to an aromatic ring is 1. The second-order valence-corrected chi connectivity index (χ2v) is 7.60. The lowest BCUT2D eigenvalue weighted by Gasteiger charge is -2.14. The van der Waals surface area contributed by atoms with Crippen LogP contribution in [0.3, 0.4) is 0 Å². The molecule has 0 amide bonds. The van der Waals surface area contributed by atoms with Gasteiger partial charge in [0.25, 0.3) is 0 Å². The summed E-state index contributed by atoms with van der Waals surface area (Å²) < 4.78 is 2.28. The molecule has 3 aromatic rings. The zero-order valence-corrected chi connectivity index (χ0v) is 16.2. The third kappa shape index (κ3) is 3.25. The molecule has 2 atom stereocenters. The van der Waals surface area contributed by atoms with Gasteiger partial charge in [-0.2, -0.15) is 0 Å². The summed E-state index contributed by atoms with van der Waals surface area (Å²) in [6.45, 7) is 3.73. The topological polar surface area (TPSA) is 69.1 Å². The fourth-order valence-corrected chi connectivity index (χ4v) is 4.66. The normalized spacial score (nSPS) is 20.3. The quantitative estimate of drug-likeness (QED) is 0.525. The zero-order chi connectivity index (χ0) is 18.8. The third-order valence-corrected chi connectivity index (χ3v) is 6.05. The molecular weight excluding hydrogens is 354 g/mol. The van der Waals surface area contributed by atoms with Crippen molar-refractivity contribution in [3.8, 4) is 0 Å². The van der Waals surface area contributed by atoms with Crippen LogP contribution in [0.4, 0.5) is 5.82 Å². The maximum Gasteiger partial charge on any atom is 0.146 e. The standard InChI is InChI=1S/C21H23N5S/c1-3-23-21(27-2)17-12-26(20-18(17)19(22)24-13-25-20)16-10-9-15(11-16)14-7-5-4-6-8-14/h3-8,12-13,15-16H,1,9-11H2,2H3,(H2,22,24,25). The second kappa shape index (κ2) is 7.56. The molecule has 6 heteroatoms. The Labute approximate surface area is 163 Å². The van der Waals surface area contributed by atoms with Crippen LogP contribution in [0, 0.1) is 0 Å². The number of fused-ring (bicyclic) bond motifs is 1. The van der Waals surface area contributed by atoms with Crippen molar-refractivity contribution >= 4 is 33.7 Å². The predicted octanol–water partition coefficient (Wildman–Crippen LogP) is 4.78. The van der Waals surface area contributed by atoms with Crippen LogP contribution < -0.4 is 5.73 Å². The lowest BCUT2D eigenvalue weighted by molar-refractivity contribution is 0.523. The van der Waals surface area contributed by atoms with Gasteiger partial charge in [-0.15, -0.1) is 11.8 Å². The van der Waals surface area contributed by atoms with E-state index in [2.05, 4.69) is 62.6 Å². The number of rotatable bonds is 4. The number of nitrogens with zero attached hydrogens (tertiary/aromatic N) is 4. The Morgan fingerprint density at radius 3 is 2.85 bits per heavy atom. The summed E-state index contributed by atoms with van der Waals surface area (Å²) in [6, 6.07) is 11.2. The van der Waals surface area contributed by atoms with Crippen LogP contribution in [0.5, 0.6) is 0 Å². The third-order valence-electron chi connectivity index (χ3n) is 5.34. The molecule has 1 fully saturated rings. The monoisotopic (exact) mass is 377 g/mol. The van der Waals surface area contributed by atoms with Gasteiger partial charge in [0.05, 0.1) is 5.39 Å². The second-order valence-electron chi connectivity index (χ2n) is 6.80. The number of nitrogens with two attached hydrogens (primary N) is 1. The molecule has 2 N–H and O–H groups in total. The van der Waals surface area contributed by atoms with Crippen molar-refractivity contribution in [3.05, 3.63) is 66.8 Å². The van der Waals surface area contributed by atoms with E-state index >= 15 is 0 Å². The summed E-state index contributed by atoms with van der Waals surface area (Å²) in [7, 11) is 0. The van der Waals surface area contributed by atoms with Crippen LogP contribution in [0.25, 0.3) is 11.0 Å². The molecule has 138 valence electrons. The van der Waals surface area contributed by atoms with E-state index in [-0.39, 0.29) is 0 Å². The van der Waals surface area contributed by atoms with E-state index in [1.807, 2.05) is 6.26 Å². The first-order valence-corrected chi connectivity index (χ1v) is 10.3. The van der Waals surface area contributed by atoms with E-state index in [4.69, 9.17) is 5.73 Å². The molecule has 0 bridgehead atoms. The lowest BCUT2D eigenvalue weighted by Crippen LogP contribution is -2.05. The average molecular weight is 378 g/mol. The van der Waals surface area contributed by atoms with E-state index in [0.29, 0.717) is 17.8 Å². The average Bonchev–Trinajstić information content (AvgIpc) is 3.32. The molecule has 1 aromatic carbocycles. The largest absolute Gasteiger partial charge is 0.383 e. The number of anilines is 1. The van der Waals surface area contributed by atoms with Crippen molar-refractivity contribution in [2.45, 2.75) is 31.2 Å². The Bertz CT molecular complexity index is 992. The van der Waals surface area contributed by atoms with Crippen LogP contribution in [-0.2, 0) is 0 Å². The maximum atomic E-state index is 6.22. The highest BCUT2D eigenvalue weighted by atomic mass is 32.2. The molecule has 5 nitrogen and oxygen atoms in total. The summed E-state index contributed by atoms with van der Waals surface area (Å²) in [5.74, 6) is 1.08. The molecular formula is C21H23N5S. The van der Waals surface area contributed by atoms with Gasteiger partial charge in [0, 0.05) is 24.0 Å². The van der Waals surface area contributed by atoms with Crippen molar-refractivity contribution in [2.24, 2.45) is 4.99 Å². The molecule has 2 heterocycles.